The third-order valence-electron chi connectivity index (χ3n) is 10.9. The Labute approximate surface area is 319 Å². The van der Waals surface area contributed by atoms with Gasteiger partial charge in [-0.2, -0.15) is 0 Å². The summed E-state index contributed by atoms with van der Waals surface area (Å²) in [5.74, 6) is -0.146. The number of nitrogens with one attached hydrogen (secondary N) is 1. The predicted octanol–water partition coefficient (Wildman–Crippen LogP) is 13.2. The topological polar surface area (TPSA) is 89.8 Å². The first-order chi connectivity index (χ1) is 25.1. The Hall–Kier alpha value is -0.910. The summed E-state index contributed by atoms with van der Waals surface area (Å²) >= 11 is 0. The van der Waals surface area contributed by atoms with Crippen LogP contribution >= 0.6 is 0 Å². The van der Waals surface area contributed by atoms with Crippen molar-refractivity contribution in [1.82, 2.24) is 5.32 Å². The van der Waals surface area contributed by atoms with Crippen LogP contribution in [0.2, 0.25) is 0 Å². The zero-order chi connectivity index (χ0) is 37.3. The van der Waals surface area contributed by atoms with Gasteiger partial charge in [-0.1, -0.05) is 219 Å². The maximum atomic E-state index is 12.4. The van der Waals surface area contributed by atoms with E-state index in [1.807, 2.05) is 0 Å². The van der Waals surface area contributed by atoms with E-state index in [0.29, 0.717) is 12.8 Å². The van der Waals surface area contributed by atoms with Crippen molar-refractivity contribution < 1.29 is 20.1 Å². The number of hydrogen-bond acceptors (Lipinski definition) is 4. The minimum Gasteiger partial charge on any atom is -0.394 e. The highest BCUT2D eigenvalue weighted by Gasteiger charge is 2.26. The van der Waals surface area contributed by atoms with Crippen molar-refractivity contribution in [2.24, 2.45) is 0 Å². The lowest BCUT2D eigenvalue weighted by Gasteiger charge is -2.26. The lowest BCUT2D eigenvalue weighted by atomic mass is 9.99. The van der Waals surface area contributed by atoms with Gasteiger partial charge in [-0.3, -0.25) is 4.79 Å². The van der Waals surface area contributed by atoms with E-state index in [-0.39, 0.29) is 12.5 Å². The second-order valence-electron chi connectivity index (χ2n) is 16.0. The van der Waals surface area contributed by atoms with Gasteiger partial charge in [0, 0.05) is 6.42 Å². The largest absolute Gasteiger partial charge is 0.394 e. The highest BCUT2D eigenvalue weighted by atomic mass is 16.3. The normalized spacial score (nSPS) is 13.6. The first kappa shape index (κ1) is 50.1. The number of carbonyl (C=O) groups excluding carboxylic acids is 1. The zero-order valence-corrected chi connectivity index (χ0v) is 34.5. The Balaban J connectivity index is 3.60. The van der Waals surface area contributed by atoms with Crippen LogP contribution in [0.4, 0.5) is 0 Å². The smallest absolute Gasteiger partial charge is 0.220 e. The predicted molar refractivity (Wildman–Crippen MR) is 222 cm³/mol. The van der Waals surface area contributed by atoms with Crippen LogP contribution in [0.1, 0.15) is 251 Å². The van der Waals surface area contributed by atoms with Crippen LogP contribution in [-0.2, 0) is 4.79 Å². The zero-order valence-electron chi connectivity index (χ0n) is 34.5. The summed E-state index contributed by atoms with van der Waals surface area (Å²) in [6.07, 6.45) is 48.9. The fraction of sp³-hybridized carbons (Fsp3) is 0.935. The molecule has 0 saturated heterocycles. The summed E-state index contributed by atoms with van der Waals surface area (Å²) in [5, 5.41) is 33.6. The summed E-state index contributed by atoms with van der Waals surface area (Å²) in [6, 6.07) is -0.808. The Kier molecular flexibility index (Phi) is 41.1. The lowest BCUT2D eigenvalue weighted by Crippen LogP contribution is -2.50. The summed E-state index contributed by atoms with van der Waals surface area (Å²) < 4.78 is 0. The Morgan fingerprint density at radius 3 is 1.14 bits per heavy atom. The van der Waals surface area contributed by atoms with Crippen LogP contribution in [-0.4, -0.2) is 46.1 Å². The number of rotatable bonds is 42. The highest BCUT2D eigenvalue weighted by Crippen LogP contribution is 2.17. The molecular formula is C46H91NO4. The molecular weight excluding hydrogens is 631 g/mol. The Morgan fingerprint density at radius 2 is 0.784 bits per heavy atom. The first-order valence-corrected chi connectivity index (χ1v) is 23.0. The maximum absolute atomic E-state index is 12.4. The second kappa shape index (κ2) is 41.8. The molecule has 4 N–H and O–H groups in total. The van der Waals surface area contributed by atoms with Gasteiger partial charge < -0.3 is 20.6 Å². The van der Waals surface area contributed by atoms with Gasteiger partial charge in [-0.15, -0.1) is 0 Å². The van der Waals surface area contributed by atoms with E-state index < -0.39 is 18.2 Å². The molecule has 0 spiro atoms. The number of aliphatic hydroxyl groups excluding tert-OH is 3. The standard InChI is InChI=1S/C46H91NO4/c1-3-5-7-9-11-13-15-17-19-21-22-23-25-27-29-31-33-35-37-39-41-45(50)47-43(42-48)46(51)44(49)40-38-36-34-32-30-28-26-24-20-18-16-14-12-10-8-6-4-2/h22-23,43-44,46,48-49,51H,3-21,24-42H2,1-2H3,(H,47,50)/b23-22-. The molecule has 0 aromatic carbocycles. The minimum absolute atomic E-state index is 0.146. The first-order valence-electron chi connectivity index (χ1n) is 23.0. The number of allylic oxidation sites excluding steroid dienone is 2. The van der Waals surface area contributed by atoms with Gasteiger partial charge in [0.1, 0.15) is 6.10 Å². The van der Waals surface area contributed by atoms with Crippen LogP contribution in [0, 0.1) is 0 Å². The molecule has 0 aromatic rings. The van der Waals surface area contributed by atoms with Gasteiger partial charge in [0.2, 0.25) is 5.91 Å². The van der Waals surface area contributed by atoms with Gasteiger partial charge in [0.05, 0.1) is 18.8 Å². The quantitative estimate of drug-likeness (QED) is 0.0373. The molecule has 0 radical (unpaired) electrons. The maximum Gasteiger partial charge on any atom is 0.220 e. The van der Waals surface area contributed by atoms with Crippen molar-refractivity contribution in [3.8, 4) is 0 Å². The molecule has 5 heteroatoms. The van der Waals surface area contributed by atoms with Crippen LogP contribution in [0.15, 0.2) is 12.2 Å². The Morgan fingerprint density at radius 1 is 0.471 bits per heavy atom. The number of hydrogen-bond donors (Lipinski definition) is 4. The van der Waals surface area contributed by atoms with Crippen molar-refractivity contribution in [3.05, 3.63) is 12.2 Å². The molecule has 0 aliphatic heterocycles. The van der Waals surface area contributed by atoms with Gasteiger partial charge in [-0.05, 0) is 38.5 Å². The van der Waals surface area contributed by atoms with Crippen molar-refractivity contribution in [2.45, 2.75) is 270 Å². The average Bonchev–Trinajstić information content (AvgIpc) is 3.13. The second-order valence-corrected chi connectivity index (χ2v) is 16.0. The van der Waals surface area contributed by atoms with Gasteiger partial charge in [0.25, 0.3) is 0 Å². The third kappa shape index (κ3) is 37.2. The van der Waals surface area contributed by atoms with Crippen molar-refractivity contribution in [1.29, 1.82) is 0 Å². The van der Waals surface area contributed by atoms with Gasteiger partial charge in [0.15, 0.2) is 0 Å². The van der Waals surface area contributed by atoms with E-state index in [9.17, 15) is 20.1 Å². The minimum atomic E-state index is -1.13. The van der Waals surface area contributed by atoms with Gasteiger partial charge in [-0.25, -0.2) is 0 Å². The molecule has 0 fully saturated rings. The number of amides is 1. The van der Waals surface area contributed by atoms with Crippen LogP contribution in [0.5, 0.6) is 0 Å². The SMILES string of the molecule is CCCCCCCCCCC/C=C\CCCCCCCCCC(=O)NC(CO)C(O)C(O)CCCCCCCCCCCCCCCCCCC. The van der Waals surface area contributed by atoms with Crippen LogP contribution in [0.3, 0.4) is 0 Å². The summed E-state index contributed by atoms with van der Waals surface area (Å²) in [7, 11) is 0. The molecule has 0 bridgehead atoms. The summed E-state index contributed by atoms with van der Waals surface area (Å²) in [5.41, 5.74) is 0. The van der Waals surface area contributed by atoms with Crippen LogP contribution < -0.4 is 5.32 Å². The molecule has 0 saturated carbocycles. The summed E-state index contributed by atoms with van der Waals surface area (Å²) in [4.78, 5) is 12.4. The van der Waals surface area contributed by atoms with Gasteiger partial charge >= 0.3 is 0 Å². The molecule has 0 rings (SSSR count). The fourth-order valence-electron chi connectivity index (χ4n) is 7.28. The van der Waals surface area contributed by atoms with E-state index in [2.05, 4.69) is 31.3 Å². The highest BCUT2D eigenvalue weighted by molar-refractivity contribution is 5.76. The average molecular weight is 722 g/mol. The fourth-order valence-corrected chi connectivity index (χ4v) is 7.28. The monoisotopic (exact) mass is 722 g/mol. The number of carbonyl (C=O) groups is 1. The van der Waals surface area contributed by atoms with Crippen molar-refractivity contribution >= 4 is 5.91 Å². The third-order valence-corrected chi connectivity index (χ3v) is 10.9. The lowest BCUT2D eigenvalue weighted by molar-refractivity contribution is -0.124. The molecule has 5 nitrogen and oxygen atoms in total. The molecule has 0 aromatic heterocycles. The summed E-state index contributed by atoms with van der Waals surface area (Å²) in [6.45, 7) is 4.19. The van der Waals surface area contributed by atoms with E-state index in [4.69, 9.17) is 0 Å². The molecule has 304 valence electrons. The number of aliphatic hydroxyl groups is 3. The van der Waals surface area contributed by atoms with Crippen LogP contribution in [0.25, 0.3) is 0 Å². The molecule has 0 aliphatic rings. The molecule has 0 heterocycles. The van der Waals surface area contributed by atoms with E-state index in [1.165, 1.54) is 186 Å². The molecule has 1 amide bonds. The molecule has 51 heavy (non-hydrogen) atoms. The molecule has 3 unspecified atom stereocenters. The molecule has 3 atom stereocenters. The van der Waals surface area contributed by atoms with Crippen molar-refractivity contribution in [2.75, 3.05) is 6.61 Å². The van der Waals surface area contributed by atoms with Crippen molar-refractivity contribution in [3.63, 3.8) is 0 Å². The van der Waals surface area contributed by atoms with E-state index >= 15 is 0 Å². The number of unbranched alkanes of at least 4 members (excludes halogenated alkanes) is 32. The Bertz CT molecular complexity index is 713. The van der Waals surface area contributed by atoms with E-state index in [0.717, 1.165) is 38.5 Å². The molecule has 0 aliphatic carbocycles. The van der Waals surface area contributed by atoms with E-state index in [1.54, 1.807) is 0 Å².